The van der Waals surface area contributed by atoms with E-state index in [2.05, 4.69) is 10.8 Å². The number of likely N-dealkylation sites (N-methyl/N-ethyl adjacent to an activating group) is 1. The molecule has 0 amide bonds. The first-order chi connectivity index (χ1) is 6.11. The average Bonchev–Trinajstić information content (AvgIpc) is 2.43. The molecular weight excluding hydrogens is 168 g/mol. The summed E-state index contributed by atoms with van der Waals surface area (Å²) in [6, 6.07) is 2.09. The lowest BCUT2D eigenvalue weighted by Gasteiger charge is -2.20. The summed E-state index contributed by atoms with van der Waals surface area (Å²) in [6.07, 6.45) is 0.584. The SMILES string of the molecule is COC(=O)[C@H]1C[C@@H](C#N)[C@@H](C)N1C. The van der Waals surface area contributed by atoms with Crippen LogP contribution in [0.1, 0.15) is 13.3 Å². The number of nitriles is 1. The summed E-state index contributed by atoms with van der Waals surface area (Å²) in [5, 5.41) is 8.80. The summed E-state index contributed by atoms with van der Waals surface area (Å²) >= 11 is 0. The fraction of sp³-hybridized carbons (Fsp3) is 0.778. The van der Waals surface area contributed by atoms with Crippen LogP contribution in [0.15, 0.2) is 0 Å². The van der Waals surface area contributed by atoms with Crippen LogP contribution in [0.2, 0.25) is 0 Å². The summed E-state index contributed by atoms with van der Waals surface area (Å²) in [4.78, 5) is 13.2. The number of likely N-dealkylation sites (tertiary alicyclic amines) is 1. The van der Waals surface area contributed by atoms with Crippen molar-refractivity contribution >= 4 is 5.97 Å². The third kappa shape index (κ3) is 1.65. The summed E-state index contributed by atoms with van der Waals surface area (Å²) in [7, 11) is 3.23. The highest BCUT2D eigenvalue weighted by Gasteiger charge is 2.40. The molecule has 1 aliphatic heterocycles. The molecule has 1 heterocycles. The van der Waals surface area contributed by atoms with Crippen molar-refractivity contribution in [1.29, 1.82) is 5.26 Å². The number of hydrogen-bond donors (Lipinski definition) is 0. The molecule has 0 N–H and O–H groups in total. The molecule has 0 radical (unpaired) electrons. The van der Waals surface area contributed by atoms with Gasteiger partial charge in [-0.25, -0.2) is 0 Å². The van der Waals surface area contributed by atoms with Gasteiger partial charge < -0.3 is 4.74 Å². The molecule has 3 atom stereocenters. The first-order valence-electron chi connectivity index (χ1n) is 4.31. The smallest absolute Gasteiger partial charge is 0.323 e. The van der Waals surface area contributed by atoms with E-state index in [4.69, 9.17) is 5.26 Å². The number of nitrogens with zero attached hydrogens (tertiary/aromatic N) is 2. The summed E-state index contributed by atoms with van der Waals surface area (Å²) in [6.45, 7) is 1.96. The first-order valence-corrected chi connectivity index (χ1v) is 4.31. The predicted molar refractivity (Wildman–Crippen MR) is 46.7 cm³/mol. The van der Waals surface area contributed by atoms with E-state index in [9.17, 15) is 4.79 Å². The fourth-order valence-electron chi connectivity index (χ4n) is 1.73. The molecule has 0 aromatic carbocycles. The van der Waals surface area contributed by atoms with E-state index in [1.807, 2.05) is 18.9 Å². The van der Waals surface area contributed by atoms with Crippen molar-refractivity contribution in [3.63, 3.8) is 0 Å². The van der Waals surface area contributed by atoms with Crippen LogP contribution in [-0.2, 0) is 9.53 Å². The molecule has 13 heavy (non-hydrogen) atoms. The summed E-state index contributed by atoms with van der Waals surface area (Å²) in [5.41, 5.74) is 0. The Kier molecular flexibility index (Phi) is 2.89. The molecule has 0 spiro atoms. The Hall–Kier alpha value is -1.08. The van der Waals surface area contributed by atoms with E-state index in [1.54, 1.807) is 0 Å². The molecule has 1 saturated heterocycles. The fourth-order valence-corrected chi connectivity index (χ4v) is 1.73. The standard InChI is InChI=1S/C9H14N2O2/c1-6-7(5-10)4-8(11(6)2)9(12)13-3/h6-8H,4H2,1-3H3/t6-,7+,8-/m1/s1. The van der Waals surface area contributed by atoms with E-state index in [-0.39, 0.29) is 24.0 Å². The quantitative estimate of drug-likeness (QED) is 0.550. The molecular formula is C9H14N2O2. The van der Waals surface area contributed by atoms with Gasteiger partial charge in [0.1, 0.15) is 6.04 Å². The second-order valence-corrected chi connectivity index (χ2v) is 3.42. The van der Waals surface area contributed by atoms with Gasteiger partial charge in [0, 0.05) is 6.04 Å². The van der Waals surface area contributed by atoms with Crippen LogP contribution in [0.5, 0.6) is 0 Å². The average molecular weight is 182 g/mol. The maximum atomic E-state index is 11.3. The number of carbonyl (C=O) groups is 1. The Balaban J connectivity index is 2.72. The van der Waals surface area contributed by atoms with Crippen LogP contribution in [0.25, 0.3) is 0 Å². The van der Waals surface area contributed by atoms with Crippen LogP contribution >= 0.6 is 0 Å². The molecule has 4 heteroatoms. The highest BCUT2D eigenvalue weighted by Crippen LogP contribution is 2.28. The van der Waals surface area contributed by atoms with Gasteiger partial charge in [0.15, 0.2) is 0 Å². The molecule has 0 unspecified atom stereocenters. The van der Waals surface area contributed by atoms with Crippen LogP contribution in [0.4, 0.5) is 0 Å². The zero-order valence-corrected chi connectivity index (χ0v) is 8.15. The van der Waals surface area contributed by atoms with Crippen LogP contribution in [-0.4, -0.2) is 37.1 Å². The molecule has 4 nitrogen and oxygen atoms in total. The Morgan fingerprint density at radius 3 is 2.69 bits per heavy atom. The monoisotopic (exact) mass is 182 g/mol. The number of hydrogen-bond acceptors (Lipinski definition) is 4. The van der Waals surface area contributed by atoms with Gasteiger partial charge in [-0.1, -0.05) is 0 Å². The zero-order chi connectivity index (χ0) is 10.0. The van der Waals surface area contributed by atoms with Crippen LogP contribution < -0.4 is 0 Å². The lowest BCUT2D eigenvalue weighted by Crippen LogP contribution is -2.37. The van der Waals surface area contributed by atoms with Crippen molar-refractivity contribution in [3.05, 3.63) is 0 Å². The third-order valence-corrected chi connectivity index (χ3v) is 2.83. The Morgan fingerprint density at radius 2 is 2.31 bits per heavy atom. The molecule has 0 aliphatic carbocycles. The minimum absolute atomic E-state index is 0.0610. The number of esters is 1. The van der Waals surface area contributed by atoms with Crippen molar-refractivity contribution in [1.82, 2.24) is 4.90 Å². The van der Waals surface area contributed by atoms with Crippen molar-refractivity contribution in [2.24, 2.45) is 5.92 Å². The zero-order valence-electron chi connectivity index (χ0n) is 8.15. The van der Waals surface area contributed by atoms with Gasteiger partial charge in [-0.2, -0.15) is 5.26 Å². The van der Waals surface area contributed by atoms with Crippen molar-refractivity contribution in [3.8, 4) is 6.07 Å². The highest BCUT2D eigenvalue weighted by atomic mass is 16.5. The van der Waals surface area contributed by atoms with Gasteiger partial charge in [0.05, 0.1) is 19.1 Å². The lowest BCUT2D eigenvalue weighted by molar-refractivity contribution is -0.145. The number of methoxy groups -OCH3 is 1. The van der Waals surface area contributed by atoms with Gasteiger partial charge in [-0.3, -0.25) is 9.69 Å². The van der Waals surface area contributed by atoms with Crippen LogP contribution in [0, 0.1) is 17.2 Å². The largest absolute Gasteiger partial charge is 0.468 e. The number of ether oxygens (including phenoxy) is 1. The van der Waals surface area contributed by atoms with Gasteiger partial charge in [0.2, 0.25) is 0 Å². The van der Waals surface area contributed by atoms with Gasteiger partial charge >= 0.3 is 5.97 Å². The van der Waals surface area contributed by atoms with E-state index in [1.165, 1.54) is 7.11 Å². The second kappa shape index (κ2) is 3.75. The molecule has 0 bridgehead atoms. The molecule has 0 aromatic rings. The Labute approximate surface area is 78.1 Å². The summed E-state index contributed by atoms with van der Waals surface area (Å²) in [5.74, 6) is -0.304. The van der Waals surface area contributed by atoms with Crippen molar-refractivity contribution in [2.75, 3.05) is 14.2 Å². The van der Waals surface area contributed by atoms with E-state index >= 15 is 0 Å². The highest BCUT2D eigenvalue weighted by molar-refractivity contribution is 5.76. The summed E-state index contributed by atoms with van der Waals surface area (Å²) < 4.78 is 4.66. The normalized spacial score (nSPS) is 34.2. The van der Waals surface area contributed by atoms with E-state index in [0.29, 0.717) is 6.42 Å². The lowest BCUT2D eigenvalue weighted by atomic mass is 10.0. The third-order valence-electron chi connectivity index (χ3n) is 2.83. The van der Waals surface area contributed by atoms with Crippen molar-refractivity contribution < 1.29 is 9.53 Å². The molecule has 72 valence electrons. The van der Waals surface area contributed by atoms with Gasteiger partial charge in [-0.05, 0) is 20.4 Å². The molecule has 1 fully saturated rings. The molecule has 0 aromatic heterocycles. The van der Waals surface area contributed by atoms with Crippen LogP contribution in [0.3, 0.4) is 0 Å². The maximum absolute atomic E-state index is 11.3. The molecule has 1 aliphatic rings. The second-order valence-electron chi connectivity index (χ2n) is 3.42. The molecule has 0 saturated carbocycles. The Bertz CT molecular complexity index is 246. The maximum Gasteiger partial charge on any atom is 0.323 e. The van der Waals surface area contributed by atoms with Gasteiger partial charge in [-0.15, -0.1) is 0 Å². The minimum atomic E-state index is -0.246. The topological polar surface area (TPSA) is 53.3 Å². The number of rotatable bonds is 1. The predicted octanol–water partition coefficient (Wildman–Crippen LogP) is 0.392. The minimum Gasteiger partial charge on any atom is -0.468 e. The van der Waals surface area contributed by atoms with Gasteiger partial charge in [0.25, 0.3) is 0 Å². The van der Waals surface area contributed by atoms with E-state index < -0.39 is 0 Å². The van der Waals surface area contributed by atoms with E-state index in [0.717, 1.165) is 0 Å². The Morgan fingerprint density at radius 1 is 1.69 bits per heavy atom. The molecule has 1 rings (SSSR count). The first kappa shape index (κ1) is 10.0. The number of carbonyl (C=O) groups excluding carboxylic acids is 1. The van der Waals surface area contributed by atoms with Crippen molar-refractivity contribution in [2.45, 2.75) is 25.4 Å².